The van der Waals surface area contributed by atoms with Gasteiger partial charge in [0.2, 0.25) is 0 Å². The Kier molecular flexibility index (Phi) is 7.13. The Balaban J connectivity index is 1.23. The van der Waals surface area contributed by atoms with Gasteiger partial charge in [-0.2, -0.15) is 0 Å². The predicted molar refractivity (Wildman–Crippen MR) is 204 cm³/mol. The highest BCUT2D eigenvalue weighted by Gasteiger charge is 2.22. The average Bonchev–Trinajstić information content (AvgIpc) is 3.52. The van der Waals surface area contributed by atoms with E-state index in [1.165, 1.54) is 72.0 Å². The minimum absolute atomic E-state index is 0.500. The fraction of sp³-hybridized carbons (Fsp3) is 0.0870. The van der Waals surface area contributed by atoms with Crippen molar-refractivity contribution in [1.29, 1.82) is 0 Å². The summed E-state index contributed by atoms with van der Waals surface area (Å²) in [6, 6.07) is 50.9. The highest BCUT2D eigenvalue weighted by atomic mass is 15.1. The lowest BCUT2D eigenvalue weighted by molar-refractivity contribution is 0.698. The molecule has 2 nitrogen and oxygen atoms in total. The molecule has 0 saturated heterocycles. The van der Waals surface area contributed by atoms with Crippen LogP contribution in [0.15, 0.2) is 187 Å². The van der Waals surface area contributed by atoms with Crippen LogP contribution in [0.2, 0.25) is 0 Å². The summed E-state index contributed by atoms with van der Waals surface area (Å²) in [5, 5.41) is 5.04. The van der Waals surface area contributed by atoms with E-state index in [2.05, 4.69) is 185 Å². The fourth-order valence-electron chi connectivity index (χ4n) is 7.66. The van der Waals surface area contributed by atoms with Gasteiger partial charge in [0, 0.05) is 44.8 Å². The largest absolute Gasteiger partial charge is 0.314 e. The fourth-order valence-corrected chi connectivity index (χ4v) is 7.66. The van der Waals surface area contributed by atoms with Crippen LogP contribution in [0.4, 0.5) is 11.4 Å². The van der Waals surface area contributed by atoms with E-state index in [1.54, 1.807) is 0 Å². The molecular formula is C46H36N2. The first-order valence-electron chi connectivity index (χ1n) is 17.0. The first-order valence-corrected chi connectivity index (χ1v) is 17.0. The molecule has 2 aliphatic rings. The van der Waals surface area contributed by atoms with Gasteiger partial charge in [-0.1, -0.05) is 133 Å². The van der Waals surface area contributed by atoms with Crippen molar-refractivity contribution in [2.24, 2.45) is 5.92 Å². The third-order valence-electron chi connectivity index (χ3n) is 10.0. The van der Waals surface area contributed by atoms with Crippen LogP contribution in [0.3, 0.4) is 0 Å². The topological polar surface area (TPSA) is 8.17 Å². The average molecular weight is 617 g/mol. The number of para-hydroxylation sites is 2. The zero-order valence-electron chi connectivity index (χ0n) is 26.8. The van der Waals surface area contributed by atoms with Crippen LogP contribution >= 0.6 is 0 Å². The van der Waals surface area contributed by atoms with E-state index in [1.807, 2.05) is 0 Å². The van der Waals surface area contributed by atoms with Crippen molar-refractivity contribution in [3.8, 4) is 16.8 Å². The maximum absolute atomic E-state index is 2.48. The zero-order chi connectivity index (χ0) is 31.9. The minimum Gasteiger partial charge on any atom is -0.314 e. The molecule has 1 heterocycles. The molecule has 0 aliphatic heterocycles. The van der Waals surface area contributed by atoms with Gasteiger partial charge in [0.25, 0.3) is 0 Å². The van der Waals surface area contributed by atoms with Gasteiger partial charge in [0.05, 0.1) is 11.0 Å². The van der Waals surface area contributed by atoms with E-state index in [0.29, 0.717) is 5.92 Å². The number of rotatable bonds is 6. The van der Waals surface area contributed by atoms with Gasteiger partial charge in [-0.3, -0.25) is 0 Å². The second kappa shape index (κ2) is 12.1. The van der Waals surface area contributed by atoms with E-state index in [0.717, 1.165) is 19.3 Å². The lowest BCUT2D eigenvalue weighted by atomic mass is 9.86. The number of hydrogen-bond acceptors (Lipinski definition) is 1. The second-order valence-electron chi connectivity index (χ2n) is 12.9. The van der Waals surface area contributed by atoms with Gasteiger partial charge in [-0.25, -0.2) is 0 Å². The molecule has 0 saturated carbocycles. The summed E-state index contributed by atoms with van der Waals surface area (Å²) in [6.45, 7) is 0. The van der Waals surface area contributed by atoms with Crippen LogP contribution in [0.25, 0.3) is 49.4 Å². The summed E-state index contributed by atoms with van der Waals surface area (Å²) in [5.41, 5.74) is 11.3. The monoisotopic (exact) mass is 616 g/mol. The lowest BCUT2D eigenvalue weighted by Gasteiger charge is -2.31. The summed E-state index contributed by atoms with van der Waals surface area (Å²) >= 11 is 0. The molecule has 1 aromatic heterocycles. The zero-order valence-corrected chi connectivity index (χ0v) is 26.8. The summed E-state index contributed by atoms with van der Waals surface area (Å²) in [6.07, 6.45) is 16.9. The molecular weight excluding hydrogens is 581 g/mol. The molecule has 2 heteroatoms. The quantitative estimate of drug-likeness (QED) is 0.180. The van der Waals surface area contributed by atoms with E-state index in [4.69, 9.17) is 0 Å². The van der Waals surface area contributed by atoms with Crippen LogP contribution in [0.1, 0.15) is 19.3 Å². The summed E-state index contributed by atoms with van der Waals surface area (Å²) in [7, 11) is 0. The maximum atomic E-state index is 2.48. The van der Waals surface area contributed by atoms with Crippen LogP contribution in [0, 0.1) is 5.92 Å². The molecule has 0 N–H and O–H groups in total. The first-order chi connectivity index (χ1) is 23.8. The van der Waals surface area contributed by atoms with Crippen molar-refractivity contribution in [1.82, 2.24) is 4.57 Å². The summed E-state index contributed by atoms with van der Waals surface area (Å²) < 4.78 is 2.44. The smallest absolute Gasteiger partial charge is 0.0620 e. The molecule has 1 atom stereocenters. The van der Waals surface area contributed by atoms with E-state index in [-0.39, 0.29) is 0 Å². The number of hydrogen-bond donors (Lipinski definition) is 0. The SMILES string of the molecule is C1=CCC(C2=CC=C(N(c3ccc(-c4ccccc4)cc3)c3ccc4ccc5c6ccccc6n(-c6ccccc6)c5c4c3)CC2)C=C1. The standard InChI is InChI=1S/C46H36N2/c1-4-12-33(13-5-1)35-20-26-39(27-21-35)47(40-28-22-36(23-29-40)34-14-6-2-7-15-34)41-30-24-37-25-31-43-42-18-10-11-19-45(42)48(46(43)44(37)32-41)38-16-8-3-9-17-38/h1-14,16-22,24-28,30-32,34H,15,23,29H2. The van der Waals surface area contributed by atoms with Gasteiger partial charge < -0.3 is 9.47 Å². The summed E-state index contributed by atoms with van der Waals surface area (Å²) in [4.78, 5) is 2.48. The van der Waals surface area contributed by atoms with Crippen molar-refractivity contribution in [3.05, 3.63) is 187 Å². The molecule has 0 radical (unpaired) electrons. The minimum atomic E-state index is 0.500. The Morgan fingerprint density at radius 3 is 2.06 bits per heavy atom. The molecule has 9 rings (SSSR count). The molecule has 48 heavy (non-hydrogen) atoms. The molecule has 2 aliphatic carbocycles. The van der Waals surface area contributed by atoms with E-state index >= 15 is 0 Å². The normalized spacial score (nSPS) is 16.0. The summed E-state index contributed by atoms with van der Waals surface area (Å²) in [5.74, 6) is 0.500. The molecule has 6 aromatic carbocycles. The van der Waals surface area contributed by atoms with Crippen molar-refractivity contribution in [2.75, 3.05) is 4.90 Å². The highest BCUT2D eigenvalue weighted by molar-refractivity contribution is 6.19. The number of benzene rings is 6. The van der Waals surface area contributed by atoms with Crippen molar-refractivity contribution >= 4 is 44.0 Å². The Hall–Kier alpha value is -5.86. The van der Waals surface area contributed by atoms with Crippen molar-refractivity contribution in [2.45, 2.75) is 19.3 Å². The molecule has 0 bridgehead atoms. The lowest BCUT2D eigenvalue weighted by Crippen LogP contribution is -2.19. The van der Waals surface area contributed by atoms with Crippen LogP contribution in [0.5, 0.6) is 0 Å². The van der Waals surface area contributed by atoms with Crippen LogP contribution < -0.4 is 4.90 Å². The Morgan fingerprint density at radius 1 is 0.562 bits per heavy atom. The van der Waals surface area contributed by atoms with Crippen LogP contribution in [-0.2, 0) is 0 Å². The van der Waals surface area contributed by atoms with Gasteiger partial charge in [0.1, 0.15) is 0 Å². The van der Waals surface area contributed by atoms with Crippen molar-refractivity contribution in [3.63, 3.8) is 0 Å². The van der Waals surface area contributed by atoms with Gasteiger partial charge in [-0.15, -0.1) is 0 Å². The van der Waals surface area contributed by atoms with Crippen LogP contribution in [-0.4, -0.2) is 4.57 Å². The molecule has 0 amide bonds. The molecule has 0 fully saturated rings. The number of allylic oxidation sites excluding steroid dienone is 8. The van der Waals surface area contributed by atoms with E-state index < -0.39 is 0 Å². The number of aromatic nitrogens is 1. The van der Waals surface area contributed by atoms with Crippen molar-refractivity contribution < 1.29 is 0 Å². The number of nitrogens with zero attached hydrogens (tertiary/aromatic N) is 2. The first kappa shape index (κ1) is 28.4. The molecule has 0 spiro atoms. The predicted octanol–water partition coefficient (Wildman–Crippen LogP) is 12.5. The molecule has 230 valence electrons. The number of anilines is 2. The Bertz CT molecular complexity index is 2400. The number of fused-ring (bicyclic) bond motifs is 5. The maximum Gasteiger partial charge on any atom is 0.0620 e. The highest BCUT2D eigenvalue weighted by Crippen LogP contribution is 2.41. The van der Waals surface area contributed by atoms with E-state index in [9.17, 15) is 0 Å². The Labute approximate surface area is 281 Å². The third kappa shape index (κ3) is 4.98. The third-order valence-corrected chi connectivity index (χ3v) is 10.0. The van der Waals surface area contributed by atoms with Gasteiger partial charge in [-0.05, 0) is 84.3 Å². The Morgan fingerprint density at radius 2 is 1.29 bits per heavy atom. The second-order valence-corrected chi connectivity index (χ2v) is 12.9. The van der Waals surface area contributed by atoms with Gasteiger partial charge in [0.15, 0.2) is 0 Å². The van der Waals surface area contributed by atoms with Gasteiger partial charge >= 0.3 is 0 Å². The molecule has 1 unspecified atom stereocenters. The molecule has 7 aromatic rings.